The third-order valence-electron chi connectivity index (χ3n) is 2.85. The Bertz CT molecular complexity index is 638. The minimum absolute atomic E-state index is 0.390. The van der Waals surface area contributed by atoms with E-state index < -0.39 is 0 Å². The van der Waals surface area contributed by atoms with Crippen LogP contribution < -0.4 is 10.5 Å². The van der Waals surface area contributed by atoms with Gasteiger partial charge in [0.2, 0.25) is 0 Å². The molecule has 2 aromatic rings. The number of benzene rings is 1. The first kappa shape index (κ1) is 12.6. The van der Waals surface area contributed by atoms with Crippen molar-refractivity contribution < 1.29 is 4.74 Å². The molecule has 1 heterocycles. The van der Waals surface area contributed by atoms with Crippen LogP contribution in [0.1, 0.15) is 12.5 Å². The molecule has 0 amide bonds. The smallest absolute Gasteiger partial charge is 0.134 e. The Hall–Kier alpha value is -1.81. The quantitative estimate of drug-likeness (QED) is 0.848. The fourth-order valence-corrected chi connectivity index (χ4v) is 2.19. The van der Waals surface area contributed by atoms with Crippen LogP contribution in [0, 0.1) is 0 Å². The van der Waals surface area contributed by atoms with E-state index in [2.05, 4.69) is 9.98 Å². The number of aliphatic imine (C=N–C) groups is 1. The molecule has 1 aromatic heterocycles. The molecule has 0 saturated carbocycles. The van der Waals surface area contributed by atoms with E-state index in [4.69, 9.17) is 22.1 Å². The average molecular weight is 264 g/mol. The normalized spacial score (nSPS) is 11.9. The van der Waals surface area contributed by atoms with Gasteiger partial charge in [-0.1, -0.05) is 11.6 Å². The number of rotatable bonds is 2. The topological polar surface area (TPSA) is 60.5 Å². The van der Waals surface area contributed by atoms with Crippen molar-refractivity contribution in [2.24, 2.45) is 4.99 Å². The molecule has 18 heavy (non-hydrogen) atoms. The Morgan fingerprint density at radius 3 is 2.78 bits per heavy atom. The minimum Gasteiger partial charge on any atom is -0.497 e. The molecule has 0 atom stereocenters. The lowest BCUT2D eigenvalue weighted by atomic mass is 10.1. The van der Waals surface area contributed by atoms with Crippen LogP contribution in [0.2, 0.25) is 5.02 Å². The second kappa shape index (κ2) is 4.82. The highest BCUT2D eigenvalue weighted by Crippen LogP contribution is 2.32. The molecule has 0 aliphatic carbocycles. The summed E-state index contributed by atoms with van der Waals surface area (Å²) in [6.07, 6.45) is 0. The summed E-state index contributed by atoms with van der Waals surface area (Å²) >= 11 is 6.39. The van der Waals surface area contributed by atoms with Crippen LogP contribution in [0.4, 0.5) is 5.82 Å². The van der Waals surface area contributed by atoms with E-state index >= 15 is 0 Å². The van der Waals surface area contributed by atoms with Crippen molar-refractivity contribution in [2.45, 2.75) is 6.92 Å². The van der Waals surface area contributed by atoms with Gasteiger partial charge in [0.05, 0.1) is 23.2 Å². The van der Waals surface area contributed by atoms with Crippen molar-refractivity contribution in [3.63, 3.8) is 0 Å². The summed E-state index contributed by atoms with van der Waals surface area (Å²) in [6.45, 7) is 1.85. The van der Waals surface area contributed by atoms with E-state index in [-0.39, 0.29) is 0 Å². The SMILES string of the molecule is CN=C(C)c1c(N)nc2ccc(OC)cc2c1Cl. The lowest BCUT2D eigenvalue weighted by molar-refractivity contribution is 0.415. The zero-order valence-corrected chi connectivity index (χ0v) is 11.2. The third-order valence-corrected chi connectivity index (χ3v) is 3.25. The number of nitrogens with two attached hydrogens (primary N) is 1. The summed E-state index contributed by atoms with van der Waals surface area (Å²) < 4.78 is 5.19. The second-order valence-electron chi connectivity index (χ2n) is 3.88. The average Bonchev–Trinajstić information content (AvgIpc) is 2.38. The Labute approximate surface area is 110 Å². The van der Waals surface area contributed by atoms with E-state index in [1.165, 1.54) is 0 Å². The summed E-state index contributed by atoms with van der Waals surface area (Å²) in [4.78, 5) is 8.45. The molecule has 0 fully saturated rings. The maximum Gasteiger partial charge on any atom is 0.134 e. The van der Waals surface area contributed by atoms with E-state index in [0.717, 1.165) is 22.4 Å². The molecule has 4 nitrogen and oxygen atoms in total. The molecule has 0 spiro atoms. The van der Waals surface area contributed by atoms with E-state index in [1.54, 1.807) is 14.2 Å². The molecule has 0 aliphatic rings. The Morgan fingerprint density at radius 1 is 1.44 bits per heavy atom. The van der Waals surface area contributed by atoms with Gasteiger partial charge in [-0.3, -0.25) is 4.99 Å². The number of fused-ring (bicyclic) bond motifs is 1. The monoisotopic (exact) mass is 263 g/mol. The summed E-state index contributed by atoms with van der Waals surface area (Å²) in [6, 6.07) is 5.50. The first-order valence-corrected chi connectivity index (χ1v) is 5.82. The number of pyridine rings is 1. The first-order valence-electron chi connectivity index (χ1n) is 5.45. The number of nitrogen functional groups attached to an aromatic ring is 1. The third kappa shape index (κ3) is 1.99. The second-order valence-corrected chi connectivity index (χ2v) is 4.26. The number of hydrogen-bond acceptors (Lipinski definition) is 4. The van der Waals surface area contributed by atoms with Gasteiger partial charge in [-0.25, -0.2) is 4.98 Å². The van der Waals surface area contributed by atoms with Gasteiger partial charge in [-0.15, -0.1) is 0 Å². The zero-order valence-electron chi connectivity index (χ0n) is 10.5. The van der Waals surface area contributed by atoms with Crippen molar-refractivity contribution in [1.82, 2.24) is 4.98 Å². The molecule has 0 radical (unpaired) electrons. The lowest BCUT2D eigenvalue weighted by Gasteiger charge is -2.11. The molecular weight excluding hydrogens is 250 g/mol. The molecule has 2 rings (SSSR count). The van der Waals surface area contributed by atoms with Crippen molar-refractivity contribution in [1.29, 1.82) is 0 Å². The number of nitrogens with zero attached hydrogens (tertiary/aromatic N) is 2. The standard InChI is InChI=1S/C13H14ClN3O/c1-7(16-2)11-12(14)9-6-8(18-3)4-5-10(9)17-13(11)15/h4-6H,1-3H3,(H2,15,17). The van der Waals surface area contributed by atoms with Crippen molar-refractivity contribution in [3.05, 3.63) is 28.8 Å². The molecule has 2 N–H and O–H groups in total. The maximum atomic E-state index is 6.39. The molecule has 0 saturated heterocycles. The molecular formula is C13H14ClN3O. The van der Waals surface area contributed by atoms with E-state index in [1.807, 2.05) is 25.1 Å². The summed E-state index contributed by atoms with van der Waals surface area (Å²) in [5.74, 6) is 1.12. The lowest BCUT2D eigenvalue weighted by Crippen LogP contribution is -2.05. The number of aromatic nitrogens is 1. The number of ether oxygens (including phenoxy) is 1. The molecule has 0 unspecified atom stereocenters. The van der Waals surface area contributed by atoms with Crippen LogP contribution in [0.15, 0.2) is 23.2 Å². The van der Waals surface area contributed by atoms with Crippen LogP contribution in [0.3, 0.4) is 0 Å². The molecule has 1 aromatic carbocycles. The van der Waals surface area contributed by atoms with Crippen LogP contribution >= 0.6 is 11.6 Å². The zero-order chi connectivity index (χ0) is 13.3. The Morgan fingerprint density at radius 2 is 2.17 bits per heavy atom. The van der Waals surface area contributed by atoms with Gasteiger partial charge in [0.1, 0.15) is 11.6 Å². The van der Waals surface area contributed by atoms with E-state index in [0.29, 0.717) is 16.4 Å². The highest BCUT2D eigenvalue weighted by Gasteiger charge is 2.14. The summed E-state index contributed by atoms with van der Waals surface area (Å²) in [5, 5.41) is 1.36. The number of methoxy groups -OCH3 is 1. The molecule has 94 valence electrons. The largest absolute Gasteiger partial charge is 0.497 e. The van der Waals surface area contributed by atoms with Crippen LogP contribution in [-0.2, 0) is 0 Å². The van der Waals surface area contributed by atoms with Gasteiger partial charge >= 0.3 is 0 Å². The fourth-order valence-electron chi connectivity index (χ4n) is 1.80. The highest BCUT2D eigenvalue weighted by molar-refractivity contribution is 6.39. The molecule has 0 aliphatic heterocycles. The van der Waals surface area contributed by atoms with E-state index in [9.17, 15) is 0 Å². The van der Waals surface area contributed by atoms with Crippen molar-refractivity contribution in [2.75, 3.05) is 19.9 Å². The fraction of sp³-hybridized carbons (Fsp3) is 0.231. The number of hydrogen-bond donors (Lipinski definition) is 1. The van der Waals surface area contributed by atoms with Crippen LogP contribution in [0.5, 0.6) is 5.75 Å². The number of halogens is 1. The predicted molar refractivity (Wildman–Crippen MR) is 75.9 cm³/mol. The van der Waals surface area contributed by atoms with Gasteiger partial charge in [-0.2, -0.15) is 0 Å². The van der Waals surface area contributed by atoms with Gasteiger partial charge in [0.15, 0.2) is 0 Å². The van der Waals surface area contributed by atoms with Crippen molar-refractivity contribution >= 4 is 34.0 Å². The summed E-state index contributed by atoms with van der Waals surface area (Å²) in [5.41, 5.74) is 8.11. The molecule has 0 bridgehead atoms. The van der Waals surface area contributed by atoms with Gasteiger partial charge in [0.25, 0.3) is 0 Å². The van der Waals surface area contributed by atoms with Gasteiger partial charge in [-0.05, 0) is 25.1 Å². The highest BCUT2D eigenvalue weighted by atomic mass is 35.5. The summed E-state index contributed by atoms with van der Waals surface area (Å²) in [7, 11) is 3.31. The van der Waals surface area contributed by atoms with Crippen molar-refractivity contribution in [3.8, 4) is 5.75 Å². The van der Waals surface area contributed by atoms with Gasteiger partial charge < -0.3 is 10.5 Å². The first-order chi connectivity index (χ1) is 8.58. The maximum absolute atomic E-state index is 6.39. The van der Waals surface area contributed by atoms with Crippen LogP contribution in [-0.4, -0.2) is 24.9 Å². The predicted octanol–water partition coefficient (Wildman–Crippen LogP) is 2.92. The number of anilines is 1. The Kier molecular flexibility index (Phi) is 3.39. The Balaban J connectivity index is 2.82. The van der Waals surface area contributed by atoms with Crippen LogP contribution in [0.25, 0.3) is 10.9 Å². The minimum atomic E-state index is 0.390. The molecule has 5 heteroatoms. The van der Waals surface area contributed by atoms with Gasteiger partial charge in [0, 0.05) is 18.1 Å².